The van der Waals surface area contributed by atoms with Gasteiger partial charge in [-0.05, 0) is 44.6 Å². The van der Waals surface area contributed by atoms with Crippen LogP contribution in [0, 0.1) is 5.82 Å². The Morgan fingerprint density at radius 1 is 1.26 bits per heavy atom. The van der Waals surface area contributed by atoms with E-state index in [9.17, 15) is 4.39 Å². The van der Waals surface area contributed by atoms with Crippen molar-refractivity contribution in [3.63, 3.8) is 0 Å². The van der Waals surface area contributed by atoms with Gasteiger partial charge in [-0.3, -0.25) is 4.99 Å². The first kappa shape index (κ1) is 20.2. The molecular formula is C17H28FIN4. The maximum absolute atomic E-state index is 13.1. The lowest BCUT2D eigenvalue weighted by atomic mass is 10.1. The molecule has 0 radical (unpaired) electrons. The van der Waals surface area contributed by atoms with Crippen molar-refractivity contribution >= 4 is 29.9 Å². The predicted molar refractivity (Wildman–Crippen MR) is 105 cm³/mol. The third kappa shape index (κ3) is 6.25. The molecule has 1 aromatic rings. The van der Waals surface area contributed by atoms with Crippen molar-refractivity contribution in [1.82, 2.24) is 15.5 Å². The first-order valence-corrected chi connectivity index (χ1v) is 7.99. The van der Waals surface area contributed by atoms with Gasteiger partial charge in [0.05, 0.1) is 6.04 Å². The van der Waals surface area contributed by atoms with Crippen molar-refractivity contribution in [2.45, 2.75) is 37.8 Å². The maximum Gasteiger partial charge on any atom is 0.191 e. The Labute approximate surface area is 156 Å². The van der Waals surface area contributed by atoms with Gasteiger partial charge in [-0.2, -0.15) is 0 Å². The second-order valence-corrected chi connectivity index (χ2v) is 6.11. The van der Waals surface area contributed by atoms with E-state index in [1.165, 1.54) is 37.8 Å². The molecule has 1 aromatic carbocycles. The highest BCUT2D eigenvalue weighted by atomic mass is 127. The van der Waals surface area contributed by atoms with Gasteiger partial charge in [0, 0.05) is 19.6 Å². The first-order chi connectivity index (χ1) is 10.6. The summed E-state index contributed by atoms with van der Waals surface area (Å²) in [5.74, 6) is 0.647. The lowest BCUT2D eigenvalue weighted by molar-refractivity contribution is 0.297. The van der Waals surface area contributed by atoms with Gasteiger partial charge in [-0.25, -0.2) is 4.39 Å². The minimum atomic E-state index is -0.201. The normalized spacial score (nSPS) is 17.0. The number of halogens is 2. The third-order valence-corrected chi connectivity index (χ3v) is 4.26. The van der Waals surface area contributed by atoms with Crippen molar-refractivity contribution in [3.8, 4) is 0 Å². The summed E-state index contributed by atoms with van der Waals surface area (Å²) in [4.78, 5) is 6.43. The van der Waals surface area contributed by atoms with Crippen molar-refractivity contribution in [3.05, 3.63) is 35.6 Å². The zero-order chi connectivity index (χ0) is 15.9. The first-order valence-electron chi connectivity index (χ1n) is 7.99. The Bertz CT molecular complexity index is 484. The number of nitrogens with zero attached hydrogens (tertiary/aromatic N) is 2. The van der Waals surface area contributed by atoms with Crippen LogP contribution in [0.3, 0.4) is 0 Å². The minimum absolute atomic E-state index is 0. The Kier molecular flexibility index (Phi) is 8.83. The van der Waals surface area contributed by atoms with Gasteiger partial charge in [0.1, 0.15) is 5.82 Å². The number of likely N-dealkylation sites (N-methyl/N-ethyl adjacent to an activating group) is 1. The Morgan fingerprint density at radius 3 is 2.39 bits per heavy atom. The predicted octanol–water partition coefficient (Wildman–Crippen LogP) is 3.15. The van der Waals surface area contributed by atoms with Gasteiger partial charge in [0.15, 0.2) is 5.96 Å². The second-order valence-electron chi connectivity index (χ2n) is 6.11. The summed E-state index contributed by atoms with van der Waals surface area (Å²) < 4.78 is 13.1. The molecule has 0 bridgehead atoms. The van der Waals surface area contributed by atoms with E-state index < -0.39 is 0 Å². The van der Waals surface area contributed by atoms with Gasteiger partial charge in [-0.15, -0.1) is 24.0 Å². The highest BCUT2D eigenvalue weighted by molar-refractivity contribution is 14.0. The summed E-state index contributed by atoms with van der Waals surface area (Å²) in [7, 11) is 5.86. The molecular weight excluding hydrogens is 406 g/mol. The summed E-state index contributed by atoms with van der Waals surface area (Å²) in [6, 6.07) is 7.41. The van der Waals surface area contributed by atoms with Crippen LogP contribution in [-0.4, -0.2) is 44.6 Å². The van der Waals surface area contributed by atoms with Crippen LogP contribution in [0.15, 0.2) is 29.3 Å². The summed E-state index contributed by atoms with van der Waals surface area (Å²) in [5, 5.41) is 6.88. The average molecular weight is 434 g/mol. The van der Waals surface area contributed by atoms with E-state index in [-0.39, 0.29) is 35.8 Å². The summed E-state index contributed by atoms with van der Waals surface area (Å²) in [6.07, 6.45) is 5.03. The smallest absolute Gasteiger partial charge is 0.191 e. The molecule has 0 heterocycles. The number of benzene rings is 1. The molecule has 4 nitrogen and oxygen atoms in total. The molecule has 0 aliphatic heterocycles. The highest BCUT2D eigenvalue weighted by Gasteiger charge is 2.18. The molecule has 23 heavy (non-hydrogen) atoms. The van der Waals surface area contributed by atoms with Gasteiger partial charge in [0.2, 0.25) is 0 Å². The van der Waals surface area contributed by atoms with Crippen LogP contribution >= 0.6 is 24.0 Å². The van der Waals surface area contributed by atoms with E-state index in [2.05, 4.69) is 20.5 Å². The molecule has 6 heteroatoms. The second kappa shape index (κ2) is 10.1. The van der Waals surface area contributed by atoms with Crippen LogP contribution < -0.4 is 10.6 Å². The lowest BCUT2D eigenvalue weighted by Gasteiger charge is -2.26. The zero-order valence-electron chi connectivity index (χ0n) is 14.2. The molecule has 1 aliphatic rings. The van der Waals surface area contributed by atoms with Crippen molar-refractivity contribution in [1.29, 1.82) is 0 Å². The van der Waals surface area contributed by atoms with Crippen LogP contribution in [0.4, 0.5) is 4.39 Å². The van der Waals surface area contributed by atoms with Crippen LogP contribution in [0.1, 0.15) is 37.3 Å². The summed E-state index contributed by atoms with van der Waals surface area (Å²) in [5.41, 5.74) is 1.09. The van der Waals surface area contributed by atoms with E-state index in [0.29, 0.717) is 6.04 Å². The molecule has 1 fully saturated rings. The SMILES string of the molecule is CN=C(NCC(c1ccc(F)cc1)N(C)C)NC1CCCC1.I. The molecule has 1 unspecified atom stereocenters. The summed E-state index contributed by atoms with van der Waals surface area (Å²) >= 11 is 0. The quantitative estimate of drug-likeness (QED) is 0.425. The molecule has 1 atom stereocenters. The average Bonchev–Trinajstić information content (AvgIpc) is 3.00. The van der Waals surface area contributed by atoms with Crippen LogP contribution in [0.5, 0.6) is 0 Å². The van der Waals surface area contributed by atoms with Crippen molar-refractivity contribution in [2.75, 3.05) is 27.7 Å². The monoisotopic (exact) mass is 434 g/mol. The standard InChI is InChI=1S/C17H27FN4.HI/c1-19-17(21-15-6-4-5-7-15)20-12-16(22(2)3)13-8-10-14(18)11-9-13;/h8-11,15-16H,4-7,12H2,1-3H3,(H2,19,20,21);1H. The van der Waals surface area contributed by atoms with Crippen LogP contribution in [0.25, 0.3) is 0 Å². The van der Waals surface area contributed by atoms with E-state index in [0.717, 1.165) is 18.1 Å². The van der Waals surface area contributed by atoms with Crippen LogP contribution in [-0.2, 0) is 0 Å². The fourth-order valence-corrected chi connectivity index (χ4v) is 2.93. The van der Waals surface area contributed by atoms with E-state index in [1.807, 2.05) is 26.2 Å². The van der Waals surface area contributed by atoms with E-state index in [4.69, 9.17) is 0 Å². The minimum Gasteiger partial charge on any atom is -0.354 e. The number of hydrogen-bond acceptors (Lipinski definition) is 2. The molecule has 0 saturated heterocycles. The molecule has 0 spiro atoms. The van der Waals surface area contributed by atoms with Gasteiger partial charge >= 0.3 is 0 Å². The number of aliphatic imine (C=N–C) groups is 1. The summed E-state index contributed by atoms with van der Waals surface area (Å²) in [6.45, 7) is 0.727. The number of rotatable bonds is 5. The highest BCUT2D eigenvalue weighted by Crippen LogP contribution is 2.19. The van der Waals surface area contributed by atoms with E-state index in [1.54, 1.807) is 7.05 Å². The third-order valence-electron chi connectivity index (χ3n) is 4.26. The topological polar surface area (TPSA) is 39.7 Å². The number of hydrogen-bond donors (Lipinski definition) is 2. The molecule has 2 rings (SSSR count). The van der Waals surface area contributed by atoms with E-state index >= 15 is 0 Å². The number of guanidine groups is 1. The lowest BCUT2D eigenvalue weighted by Crippen LogP contribution is -2.45. The van der Waals surface area contributed by atoms with Gasteiger partial charge < -0.3 is 15.5 Å². The molecule has 1 aliphatic carbocycles. The Morgan fingerprint density at radius 2 is 1.87 bits per heavy atom. The van der Waals surface area contributed by atoms with Gasteiger partial charge in [-0.1, -0.05) is 25.0 Å². The van der Waals surface area contributed by atoms with Crippen LogP contribution in [0.2, 0.25) is 0 Å². The number of nitrogens with one attached hydrogen (secondary N) is 2. The fraction of sp³-hybridized carbons (Fsp3) is 0.588. The largest absolute Gasteiger partial charge is 0.354 e. The van der Waals surface area contributed by atoms with Gasteiger partial charge in [0.25, 0.3) is 0 Å². The van der Waals surface area contributed by atoms with Crippen molar-refractivity contribution < 1.29 is 4.39 Å². The fourth-order valence-electron chi connectivity index (χ4n) is 2.93. The molecule has 0 aromatic heterocycles. The molecule has 1 saturated carbocycles. The zero-order valence-corrected chi connectivity index (χ0v) is 16.5. The Hall–Kier alpha value is -0.890. The molecule has 0 amide bonds. The molecule has 2 N–H and O–H groups in total. The van der Waals surface area contributed by atoms with Crippen molar-refractivity contribution in [2.24, 2.45) is 4.99 Å². The maximum atomic E-state index is 13.1. The Balaban J connectivity index is 0.00000264. The molecule has 130 valence electrons.